The molecule has 1 fully saturated rings. The fourth-order valence-electron chi connectivity index (χ4n) is 10.7. The lowest BCUT2D eigenvalue weighted by atomic mass is 9.99. The highest BCUT2D eigenvalue weighted by Crippen LogP contribution is 2.17. The van der Waals surface area contributed by atoms with Gasteiger partial charge in [0.05, 0.1) is 19.1 Å². The van der Waals surface area contributed by atoms with Crippen molar-refractivity contribution < 1.29 is 87.2 Å². The molecule has 1 aliphatic rings. The van der Waals surface area contributed by atoms with Gasteiger partial charge in [0.1, 0.15) is 84.3 Å². The predicted octanol–water partition coefficient (Wildman–Crippen LogP) is -4.80. The third-order valence-electron chi connectivity index (χ3n) is 16.6. The van der Waals surface area contributed by atoms with Gasteiger partial charge in [0, 0.05) is 12.8 Å². The highest BCUT2D eigenvalue weighted by atomic mass is 32.2. The maximum atomic E-state index is 14.8. The van der Waals surface area contributed by atoms with Gasteiger partial charge in [-0.05, 0) is 145 Å². The number of rotatable bonds is 48. The molecular formula is C67H113N17O18S. The number of thioether (sulfide) groups is 1. The standard InChI is InChI=1S/C67H113N17O18S/c1-33(2)28-45(61(96)79-48(31-50(70)88)63(98)81-49(32-85)65(100)83-53(36(7)8)67(102)80-46(29-34(3)4)64(99)84-54(38(10)86)55(71)90)77-62(97)47(30-39-18-20-40(87)21-19-39)78-59(94)41(16-12-14-25-68)74-58(93)42(17-13-15-26-69)76-66(101)52(35(5)6)82-56(91)37(9)72-57(92)44(24-27-103-11)75-60(95)43-22-23-51(89)73-43/h18-21,33-38,41-49,52-54,85-87H,12-17,22-32,68-69H2,1-11H3,(H2,70,88)(H2,71,90)(H,72,92)(H,73,89)(H,74,93)(H,75,95)(H,76,101)(H,77,97)(H,78,94)(H,79,96)(H,80,102)(H,81,98)(H,82,91)(H,83,100)(H,84,99). The van der Waals surface area contributed by atoms with E-state index in [4.69, 9.17) is 22.9 Å². The number of aromatic hydroxyl groups is 1. The van der Waals surface area contributed by atoms with Crippen molar-refractivity contribution in [1.82, 2.24) is 69.1 Å². The zero-order valence-corrected chi connectivity index (χ0v) is 61.7. The van der Waals surface area contributed by atoms with Gasteiger partial charge in [-0.25, -0.2) is 0 Å². The average Bonchev–Trinajstić information content (AvgIpc) is 1.12. The number of aliphatic hydroxyl groups is 2. The van der Waals surface area contributed by atoms with E-state index < -0.39 is 192 Å². The van der Waals surface area contributed by atoms with E-state index in [9.17, 15) is 87.2 Å². The number of benzene rings is 1. The Kier molecular flexibility index (Phi) is 40.4. The van der Waals surface area contributed by atoms with Crippen molar-refractivity contribution in [1.29, 1.82) is 0 Å². The fourth-order valence-corrected chi connectivity index (χ4v) is 11.2. The molecule has 2 rings (SSSR count). The third kappa shape index (κ3) is 32.6. The van der Waals surface area contributed by atoms with Crippen LogP contribution in [-0.4, -0.2) is 220 Å². The largest absolute Gasteiger partial charge is 0.508 e. The molecule has 0 saturated carbocycles. The number of carbonyl (C=O) groups is 15. The van der Waals surface area contributed by atoms with Crippen LogP contribution in [0.25, 0.3) is 0 Å². The Morgan fingerprint density at radius 3 is 1.34 bits per heavy atom. The molecule has 1 heterocycles. The van der Waals surface area contributed by atoms with Crippen LogP contribution in [-0.2, 0) is 78.3 Å². The number of nitrogens with one attached hydrogen (secondary N) is 13. The average molecular weight is 1480 g/mol. The van der Waals surface area contributed by atoms with E-state index in [1.165, 1.54) is 49.9 Å². The zero-order chi connectivity index (χ0) is 78.0. The van der Waals surface area contributed by atoms with Crippen molar-refractivity contribution in [3.05, 3.63) is 29.8 Å². The van der Waals surface area contributed by atoms with E-state index in [0.29, 0.717) is 30.6 Å². The third-order valence-corrected chi connectivity index (χ3v) is 17.2. The smallest absolute Gasteiger partial charge is 0.245 e. The molecule has 1 aromatic rings. The number of nitrogens with two attached hydrogens (primary N) is 4. The number of phenols is 1. The summed E-state index contributed by atoms with van der Waals surface area (Å²) in [4.78, 5) is 204. The minimum absolute atomic E-state index is 0.00598. The van der Waals surface area contributed by atoms with Crippen LogP contribution in [0.15, 0.2) is 24.3 Å². The first-order valence-corrected chi connectivity index (χ1v) is 36.2. The fraction of sp³-hybridized carbons (Fsp3) is 0.687. The molecule has 36 heteroatoms. The summed E-state index contributed by atoms with van der Waals surface area (Å²) in [5.41, 5.74) is 23.0. The molecule has 14 atom stereocenters. The van der Waals surface area contributed by atoms with Crippen molar-refractivity contribution in [3.63, 3.8) is 0 Å². The van der Waals surface area contributed by atoms with Gasteiger partial charge in [-0.1, -0.05) is 67.5 Å². The molecule has 0 radical (unpaired) electrons. The predicted molar refractivity (Wildman–Crippen MR) is 381 cm³/mol. The molecule has 1 aromatic carbocycles. The van der Waals surface area contributed by atoms with Crippen molar-refractivity contribution in [2.75, 3.05) is 31.7 Å². The maximum Gasteiger partial charge on any atom is 0.245 e. The number of hydrogen-bond acceptors (Lipinski definition) is 21. The Morgan fingerprint density at radius 2 is 0.893 bits per heavy atom. The lowest BCUT2D eigenvalue weighted by Gasteiger charge is -2.29. The second-order valence-corrected chi connectivity index (χ2v) is 28.3. The Balaban J connectivity index is 2.48. The molecule has 0 aliphatic carbocycles. The van der Waals surface area contributed by atoms with Gasteiger partial charge >= 0.3 is 0 Å². The Bertz CT molecular complexity index is 3030. The highest BCUT2D eigenvalue weighted by Gasteiger charge is 2.39. The summed E-state index contributed by atoms with van der Waals surface area (Å²) in [6.45, 7) is 15.1. The van der Waals surface area contributed by atoms with Crippen molar-refractivity contribution in [3.8, 4) is 5.75 Å². The summed E-state index contributed by atoms with van der Waals surface area (Å²) >= 11 is 1.42. The molecule has 35 nitrogen and oxygen atoms in total. The van der Waals surface area contributed by atoms with Gasteiger partial charge in [-0.3, -0.25) is 71.9 Å². The van der Waals surface area contributed by atoms with Crippen LogP contribution in [0.3, 0.4) is 0 Å². The topological polar surface area (TPSA) is 577 Å². The number of primary amides is 2. The molecule has 14 unspecified atom stereocenters. The van der Waals surface area contributed by atoms with Crippen LogP contribution < -0.4 is 92.1 Å². The second kappa shape index (κ2) is 46.1. The highest BCUT2D eigenvalue weighted by molar-refractivity contribution is 7.98. The molecule has 0 spiro atoms. The summed E-state index contributed by atoms with van der Waals surface area (Å²) < 4.78 is 0. The van der Waals surface area contributed by atoms with Crippen molar-refractivity contribution in [2.24, 2.45) is 46.6 Å². The molecule has 15 amide bonds. The summed E-state index contributed by atoms with van der Waals surface area (Å²) in [6, 6.07) is -12.7. The lowest BCUT2D eigenvalue weighted by Crippen LogP contribution is -2.62. The van der Waals surface area contributed by atoms with E-state index >= 15 is 0 Å². The number of phenolic OH excluding ortho intramolecular Hbond substituents is 1. The molecule has 1 saturated heterocycles. The van der Waals surface area contributed by atoms with Gasteiger partial charge in [-0.2, -0.15) is 11.8 Å². The molecule has 1 aliphatic heterocycles. The first kappa shape index (κ1) is 90.3. The molecule has 0 bridgehead atoms. The summed E-state index contributed by atoms with van der Waals surface area (Å²) in [5, 5.41) is 63.7. The summed E-state index contributed by atoms with van der Waals surface area (Å²) in [5.74, 6) is -14.8. The first-order valence-electron chi connectivity index (χ1n) is 34.9. The van der Waals surface area contributed by atoms with Crippen LogP contribution in [0.2, 0.25) is 0 Å². The first-order chi connectivity index (χ1) is 48.4. The Labute approximate surface area is 605 Å². The number of carbonyl (C=O) groups excluding carboxylic acids is 15. The molecule has 580 valence electrons. The van der Waals surface area contributed by atoms with Gasteiger partial charge < -0.3 is 107 Å². The minimum atomic E-state index is -1.87. The Hall–Kier alpha value is -8.74. The van der Waals surface area contributed by atoms with Crippen LogP contribution in [0.5, 0.6) is 5.75 Å². The zero-order valence-electron chi connectivity index (χ0n) is 60.9. The molecule has 24 N–H and O–H groups in total. The number of aliphatic hydroxyl groups excluding tert-OH is 2. The summed E-state index contributed by atoms with van der Waals surface area (Å²) in [6.07, 6.45) is 1.01. The number of unbranched alkanes of at least 4 members (excludes halogenated alkanes) is 2. The van der Waals surface area contributed by atoms with E-state index in [-0.39, 0.29) is 94.4 Å². The molecule has 0 aromatic heterocycles. The summed E-state index contributed by atoms with van der Waals surface area (Å²) in [7, 11) is 0. The van der Waals surface area contributed by atoms with Crippen LogP contribution in [0.1, 0.15) is 152 Å². The number of amides is 15. The van der Waals surface area contributed by atoms with Gasteiger partial charge in [-0.15, -0.1) is 0 Å². The van der Waals surface area contributed by atoms with Gasteiger partial charge in [0.15, 0.2) is 0 Å². The van der Waals surface area contributed by atoms with Crippen molar-refractivity contribution >= 4 is 100 Å². The van der Waals surface area contributed by atoms with Crippen LogP contribution >= 0.6 is 11.8 Å². The van der Waals surface area contributed by atoms with Crippen molar-refractivity contribution in [2.45, 2.75) is 237 Å². The number of hydrogen-bond donors (Lipinski definition) is 20. The van der Waals surface area contributed by atoms with Gasteiger partial charge in [0.25, 0.3) is 0 Å². The van der Waals surface area contributed by atoms with Crippen LogP contribution in [0, 0.1) is 23.7 Å². The normalized spacial score (nSPS) is 16.6. The molecular weight excluding hydrogens is 1360 g/mol. The quantitative estimate of drug-likeness (QED) is 0.0272. The SMILES string of the molecule is CSCCC(NC(=O)C1CCC(=O)N1)C(=O)NC(C)C(=O)NC(C(=O)NC(CCCCN)C(=O)NC(CCCCN)C(=O)NC(Cc1ccc(O)cc1)C(=O)NC(CC(C)C)C(=O)NC(CC(N)=O)C(=O)NC(CO)C(=O)NC(C(=O)NC(CC(C)C)C(=O)NC(C(N)=O)C(C)O)C(C)C)C(C)C. The monoisotopic (exact) mass is 1480 g/mol. The van der Waals surface area contributed by atoms with Gasteiger partial charge in [0.2, 0.25) is 88.6 Å². The second-order valence-electron chi connectivity index (χ2n) is 27.3. The van der Waals surface area contributed by atoms with E-state index in [2.05, 4.69) is 69.1 Å². The maximum absolute atomic E-state index is 14.8. The van der Waals surface area contributed by atoms with E-state index in [1.54, 1.807) is 55.4 Å². The lowest BCUT2D eigenvalue weighted by molar-refractivity contribution is -0.137. The van der Waals surface area contributed by atoms with E-state index in [1.807, 2.05) is 6.26 Å². The van der Waals surface area contributed by atoms with E-state index in [0.717, 1.165) is 0 Å². The minimum Gasteiger partial charge on any atom is -0.508 e. The Morgan fingerprint density at radius 1 is 0.495 bits per heavy atom. The van der Waals surface area contributed by atoms with Crippen LogP contribution in [0.4, 0.5) is 0 Å². The molecule has 103 heavy (non-hydrogen) atoms.